The van der Waals surface area contributed by atoms with Crippen molar-refractivity contribution < 1.29 is 4.74 Å². The Balaban J connectivity index is 1.45. The van der Waals surface area contributed by atoms with Crippen LogP contribution in [0.4, 0.5) is 0 Å². The Morgan fingerprint density at radius 1 is 1.21 bits per heavy atom. The molecule has 5 nitrogen and oxygen atoms in total. The van der Waals surface area contributed by atoms with Crippen LogP contribution in [-0.4, -0.2) is 39.4 Å². The van der Waals surface area contributed by atoms with E-state index in [1.165, 1.54) is 5.56 Å². The normalized spacial score (nSPS) is 17.8. The molecule has 1 fully saturated rings. The molecule has 0 spiro atoms. The number of aromatic nitrogens is 3. The largest absolute Gasteiger partial charge is 0.369 e. The molecule has 3 heterocycles. The fraction of sp³-hybridized carbons (Fsp3) is 0.364. The smallest absolute Gasteiger partial charge is 0.112 e. The zero-order chi connectivity index (χ0) is 19.5. The van der Waals surface area contributed by atoms with E-state index in [-0.39, 0.29) is 6.10 Å². The van der Waals surface area contributed by atoms with Crippen LogP contribution in [0.1, 0.15) is 34.3 Å². The molecule has 0 bridgehead atoms. The highest BCUT2D eigenvalue weighted by molar-refractivity contribution is 6.30. The summed E-state index contributed by atoms with van der Waals surface area (Å²) in [4.78, 5) is 7.29. The van der Waals surface area contributed by atoms with Crippen LogP contribution in [0.2, 0.25) is 5.02 Å². The Kier molecular flexibility index (Phi) is 5.76. The number of hydrogen-bond acceptors (Lipinski definition) is 4. The van der Waals surface area contributed by atoms with E-state index in [4.69, 9.17) is 21.3 Å². The van der Waals surface area contributed by atoms with Gasteiger partial charge in [0.2, 0.25) is 0 Å². The van der Waals surface area contributed by atoms with Gasteiger partial charge in [-0.2, -0.15) is 5.10 Å². The predicted octanol–water partition coefficient (Wildman–Crippen LogP) is 3.94. The Bertz CT molecular complexity index is 955. The van der Waals surface area contributed by atoms with Crippen LogP contribution in [0, 0.1) is 6.92 Å². The summed E-state index contributed by atoms with van der Waals surface area (Å²) in [7, 11) is 1.97. The lowest BCUT2D eigenvalue weighted by Crippen LogP contribution is -2.38. The van der Waals surface area contributed by atoms with Gasteiger partial charge in [0, 0.05) is 55.6 Å². The number of benzene rings is 1. The minimum atomic E-state index is -0.00922. The van der Waals surface area contributed by atoms with Gasteiger partial charge in [0.15, 0.2) is 0 Å². The number of pyridine rings is 1. The fourth-order valence-corrected chi connectivity index (χ4v) is 3.91. The van der Waals surface area contributed by atoms with Gasteiger partial charge in [0.25, 0.3) is 0 Å². The van der Waals surface area contributed by atoms with E-state index in [2.05, 4.69) is 47.4 Å². The van der Waals surface area contributed by atoms with E-state index in [1.54, 1.807) is 0 Å². The van der Waals surface area contributed by atoms with E-state index in [0.29, 0.717) is 6.61 Å². The van der Waals surface area contributed by atoms with Crippen molar-refractivity contribution in [2.75, 3.05) is 19.7 Å². The molecule has 28 heavy (non-hydrogen) atoms. The Hall–Kier alpha value is -2.21. The minimum absolute atomic E-state index is 0.00922. The lowest BCUT2D eigenvalue weighted by atomic mass is 10.1. The average Bonchev–Trinajstić information content (AvgIpc) is 2.99. The number of rotatable bonds is 5. The van der Waals surface area contributed by atoms with E-state index < -0.39 is 0 Å². The molecule has 1 aliphatic rings. The first-order valence-electron chi connectivity index (χ1n) is 9.60. The Morgan fingerprint density at radius 2 is 2.07 bits per heavy atom. The maximum Gasteiger partial charge on any atom is 0.112 e. The highest BCUT2D eigenvalue weighted by Crippen LogP contribution is 2.23. The third kappa shape index (κ3) is 4.61. The van der Waals surface area contributed by atoms with Crippen molar-refractivity contribution in [3.05, 3.63) is 81.9 Å². The second-order valence-corrected chi connectivity index (χ2v) is 7.80. The van der Waals surface area contributed by atoms with Gasteiger partial charge in [0.05, 0.1) is 18.0 Å². The predicted molar refractivity (Wildman–Crippen MR) is 110 cm³/mol. The molecular formula is C22H25ClN4O. The van der Waals surface area contributed by atoms with Crippen LogP contribution in [0.25, 0.3) is 0 Å². The van der Waals surface area contributed by atoms with Crippen molar-refractivity contribution in [2.45, 2.75) is 26.0 Å². The van der Waals surface area contributed by atoms with E-state index in [0.717, 1.165) is 53.7 Å². The molecule has 0 unspecified atom stereocenters. The molecule has 1 saturated heterocycles. The molecule has 4 rings (SSSR count). The van der Waals surface area contributed by atoms with Crippen LogP contribution in [0.15, 0.2) is 48.7 Å². The molecule has 0 amide bonds. The summed E-state index contributed by atoms with van der Waals surface area (Å²) in [6, 6.07) is 14.1. The van der Waals surface area contributed by atoms with Crippen molar-refractivity contribution in [3.63, 3.8) is 0 Å². The van der Waals surface area contributed by atoms with E-state index in [9.17, 15) is 0 Å². The monoisotopic (exact) mass is 396 g/mol. The first kappa shape index (κ1) is 19.1. The molecule has 1 aliphatic heterocycles. The van der Waals surface area contributed by atoms with Gasteiger partial charge in [-0.05, 0) is 36.8 Å². The van der Waals surface area contributed by atoms with Crippen molar-refractivity contribution in [1.29, 1.82) is 0 Å². The second-order valence-electron chi connectivity index (χ2n) is 7.37. The van der Waals surface area contributed by atoms with Gasteiger partial charge in [0.1, 0.15) is 6.10 Å². The molecule has 0 saturated carbocycles. The van der Waals surface area contributed by atoms with Crippen LogP contribution in [-0.2, 0) is 24.8 Å². The summed E-state index contributed by atoms with van der Waals surface area (Å²) >= 11 is 6.11. The molecule has 146 valence electrons. The van der Waals surface area contributed by atoms with Gasteiger partial charge >= 0.3 is 0 Å². The maximum absolute atomic E-state index is 6.11. The first-order valence-corrected chi connectivity index (χ1v) is 9.98. The average molecular weight is 397 g/mol. The molecule has 0 N–H and O–H groups in total. The highest BCUT2D eigenvalue weighted by atomic mass is 35.5. The number of nitrogens with zero attached hydrogens (tertiary/aromatic N) is 4. The Labute approximate surface area is 170 Å². The summed E-state index contributed by atoms with van der Waals surface area (Å²) in [5.41, 5.74) is 5.55. The van der Waals surface area contributed by atoms with Crippen molar-refractivity contribution >= 4 is 11.6 Å². The van der Waals surface area contributed by atoms with Crippen LogP contribution >= 0.6 is 11.6 Å². The first-order chi connectivity index (χ1) is 13.6. The van der Waals surface area contributed by atoms with Crippen LogP contribution in [0.5, 0.6) is 0 Å². The third-order valence-electron chi connectivity index (χ3n) is 5.09. The van der Waals surface area contributed by atoms with Gasteiger partial charge < -0.3 is 4.74 Å². The number of halogens is 1. The van der Waals surface area contributed by atoms with Crippen molar-refractivity contribution in [1.82, 2.24) is 19.7 Å². The molecule has 1 atom stereocenters. The molecule has 2 aromatic heterocycles. The quantitative estimate of drug-likeness (QED) is 0.655. The van der Waals surface area contributed by atoms with Crippen molar-refractivity contribution in [2.24, 2.45) is 7.05 Å². The molecule has 3 aromatic rings. The lowest BCUT2D eigenvalue weighted by molar-refractivity contribution is -0.0351. The molecule has 0 radical (unpaired) electrons. The Morgan fingerprint density at radius 3 is 2.86 bits per heavy atom. The fourth-order valence-electron chi connectivity index (χ4n) is 3.70. The summed E-state index contributed by atoms with van der Waals surface area (Å²) in [5.74, 6) is 0. The molecular weight excluding hydrogens is 372 g/mol. The second kappa shape index (κ2) is 8.43. The molecule has 0 aliphatic carbocycles. The SMILES string of the molecule is Cc1nn(C)cc1CN1CCO[C@H](c2cccc(Cc3cccc(Cl)c3)n2)C1. The van der Waals surface area contributed by atoms with Gasteiger partial charge in [-0.25, -0.2) is 0 Å². The number of ether oxygens (including phenoxy) is 1. The summed E-state index contributed by atoms with van der Waals surface area (Å²) < 4.78 is 7.92. The summed E-state index contributed by atoms with van der Waals surface area (Å²) in [6.45, 7) is 5.43. The summed E-state index contributed by atoms with van der Waals surface area (Å²) in [5, 5.41) is 5.20. The number of morpholine rings is 1. The van der Waals surface area contributed by atoms with Crippen molar-refractivity contribution in [3.8, 4) is 0 Å². The molecule has 1 aromatic carbocycles. The minimum Gasteiger partial charge on any atom is -0.369 e. The number of hydrogen-bond donors (Lipinski definition) is 0. The summed E-state index contributed by atoms with van der Waals surface area (Å²) in [6.07, 6.45) is 2.86. The van der Waals surface area contributed by atoms with Gasteiger partial charge in [-0.3, -0.25) is 14.6 Å². The van der Waals surface area contributed by atoms with E-state index >= 15 is 0 Å². The van der Waals surface area contributed by atoms with Gasteiger partial charge in [-0.1, -0.05) is 29.8 Å². The lowest BCUT2D eigenvalue weighted by Gasteiger charge is -2.32. The molecule has 6 heteroatoms. The number of aryl methyl sites for hydroxylation is 2. The van der Waals surface area contributed by atoms with Crippen LogP contribution < -0.4 is 0 Å². The highest BCUT2D eigenvalue weighted by Gasteiger charge is 2.24. The van der Waals surface area contributed by atoms with Gasteiger partial charge in [-0.15, -0.1) is 0 Å². The van der Waals surface area contributed by atoms with Crippen LogP contribution in [0.3, 0.4) is 0 Å². The zero-order valence-electron chi connectivity index (χ0n) is 16.3. The maximum atomic E-state index is 6.11. The van der Waals surface area contributed by atoms with E-state index in [1.807, 2.05) is 29.9 Å². The zero-order valence-corrected chi connectivity index (χ0v) is 17.1. The topological polar surface area (TPSA) is 43.2 Å². The standard InChI is InChI=1S/C22H25ClN4O/c1-16-18(13-26(2)25-16)14-27-9-10-28-22(15-27)21-8-4-7-20(24-21)12-17-5-3-6-19(23)11-17/h3-8,11,13,22H,9-10,12,14-15H2,1-2H3/t22-/m0/s1. The third-order valence-corrected chi connectivity index (χ3v) is 5.33.